The first-order chi connectivity index (χ1) is 8.85. The van der Waals surface area contributed by atoms with Crippen LogP contribution in [-0.2, 0) is 4.74 Å². The number of hydrogen-bond donors (Lipinski definition) is 1. The molecule has 0 spiro atoms. The molecule has 2 aliphatic rings. The highest BCUT2D eigenvalue weighted by atomic mass is 16.5. The summed E-state index contributed by atoms with van der Waals surface area (Å²) in [6, 6.07) is 2.49. The lowest BCUT2D eigenvalue weighted by molar-refractivity contribution is 0.0906. The number of methoxy groups -OCH3 is 1. The maximum absolute atomic E-state index is 5.26. The first-order valence-corrected chi connectivity index (χ1v) is 7.83. The first-order valence-electron chi connectivity index (χ1n) is 7.83. The van der Waals surface area contributed by atoms with Crippen molar-refractivity contribution >= 4 is 0 Å². The van der Waals surface area contributed by atoms with E-state index in [2.05, 4.69) is 17.1 Å². The Morgan fingerprint density at radius 3 is 2.17 bits per heavy atom. The number of ether oxygens (including phenoxy) is 1. The standard InChI is InChI=1S/C15H30N2O/c1-3-10-16-13-4-6-14(7-5-13)17(11-12-18-2)15-8-9-15/h13-16H,3-12H2,1-2H3. The minimum atomic E-state index is 0.782. The molecule has 0 aromatic heterocycles. The van der Waals surface area contributed by atoms with Crippen LogP contribution in [0.1, 0.15) is 51.9 Å². The van der Waals surface area contributed by atoms with E-state index in [0.717, 1.165) is 31.3 Å². The van der Waals surface area contributed by atoms with Crippen LogP contribution in [-0.4, -0.2) is 49.8 Å². The zero-order valence-electron chi connectivity index (χ0n) is 12.2. The average molecular weight is 254 g/mol. The fourth-order valence-corrected chi connectivity index (χ4v) is 3.23. The summed E-state index contributed by atoms with van der Waals surface area (Å²) in [7, 11) is 1.82. The van der Waals surface area contributed by atoms with Gasteiger partial charge in [0.1, 0.15) is 0 Å². The van der Waals surface area contributed by atoms with Gasteiger partial charge in [-0.05, 0) is 51.5 Å². The molecule has 0 heterocycles. The molecule has 0 aromatic carbocycles. The summed E-state index contributed by atoms with van der Waals surface area (Å²) in [5.41, 5.74) is 0. The van der Waals surface area contributed by atoms with Crippen LogP contribution in [0.15, 0.2) is 0 Å². The second-order valence-electron chi connectivity index (χ2n) is 5.92. The highest BCUT2D eigenvalue weighted by molar-refractivity contribution is 4.91. The van der Waals surface area contributed by atoms with Gasteiger partial charge in [-0.25, -0.2) is 0 Å². The van der Waals surface area contributed by atoms with E-state index in [4.69, 9.17) is 4.74 Å². The maximum atomic E-state index is 5.26. The van der Waals surface area contributed by atoms with Crippen LogP contribution in [0.2, 0.25) is 0 Å². The molecule has 0 atom stereocenters. The third kappa shape index (κ3) is 4.22. The van der Waals surface area contributed by atoms with E-state index >= 15 is 0 Å². The molecule has 0 aromatic rings. The Morgan fingerprint density at radius 1 is 1.06 bits per heavy atom. The number of nitrogens with one attached hydrogen (secondary N) is 1. The summed E-state index contributed by atoms with van der Waals surface area (Å²) in [5, 5.41) is 3.68. The highest BCUT2D eigenvalue weighted by Gasteiger charge is 2.35. The van der Waals surface area contributed by atoms with E-state index in [0.29, 0.717) is 0 Å². The normalized spacial score (nSPS) is 28.8. The Morgan fingerprint density at radius 2 is 1.67 bits per heavy atom. The Labute approximate surface area is 112 Å². The molecular formula is C15H30N2O. The van der Waals surface area contributed by atoms with Gasteiger partial charge in [-0.2, -0.15) is 0 Å². The summed E-state index contributed by atoms with van der Waals surface area (Å²) in [6.45, 7) is 5.47. The molecule has 0 amide bonds. The summed E-state index contributed by atoms with van der Waals surface area (Å²) in [6.07, 6.45) is 9.56. The lowest BCUT2D eigenvalue weighted by Crippen LogP contribution is -2.44. The van der Waals surface area contributed by atoms with Gasteiger partial charge in [0.2, 0.25) is 0 Å². The van der Waals surface area contributed by atoms with E-state index in [-0.39, 0.29) is 0 Å². The second-order valence-corrected chi connectivity index (χ2v) is 5.92. The Balaban J connectivity index is 1.72. The van der Waals surface area contributed by atoms with Gasteiger partial charge in [-0.15, -0.1) is 0 Å². The van der Waals surface area contributed by atoms with Crippen molar-refractivity contribution in [1.82, 2.24) is 10.2 Å². The quantitative estimate of drug-likeness (QED) is 0.720. The van der Waals surface area contributed by atoms with Crippen molar-refractivity contribution in [1.29, 1.82) is 0 Å². The number of rotatable bonds is 8. The van der Waals surface area contributed by atoms with Gasteiger partial charge < -0.3 is 10.1 Å². The molecule has 2 fully saturated rings. The Hall–Kier alpha value is -0.120. The molecular weight excluding hydrogens is 224 g/mol. The Bertz CT molecular complexity index is 223. The lowest BCUT2D eigenvalue weighted by Gasteiger charge is -2.37. The highest BCUT2D eigenvalue weighted by Crippen LogP contribution is 2.33. The summed E-state index contributed by atoms with van der Waals surface area (Å²) >= 11 is 0. The van der Waals surface area contributed by atoms with E-state index in [1.54, 1.807) is 0 Å². The summed E-state index contributed by atoms with van der Waals surface area (Å²) < 4.78 is 5.26. The van der Waals surface area contributed by atoms with Crippen LogP contribution < -0.4 is 5.32 Å². The molecule has 3 nitrogen and oxygen atoms in total. The monoisotopic (exact) mass is 254 g/mol. The molecule has 0 unspecified atom stereocenters. The van der Waals surface area contributed by atoms with E-state index in [1.165, 1.54) is 51.5 Å². The van der Waals surface area contributed by atoms with Crippen molar-refractivity contribution in [2.75, 3.05) is 26.8 Å². The van der Waals surface area contributed by atoms with Gasteiger partial charge in [-0.1, -0.05) is 6.92 Å². The summed E-state index contributed by atoms with van der Waals surface area (Å²) in [4.78, 5) is 2.74. The molecule has 2 saturated carbocycles. The minimum absolute atomic E-state index is 0.782. The van der Waals surface area contributed by atoms with E-state index < -0.39 is 0 Å². The number of hydrogen-bond acceptors (Lipinski definition) is 3. The van der Waals surface area contributed by atoms with Crippen LogP contribution in [0.25, 0.3) is 0 Å². The average Bonchev–Trinajstić information content (AvgIpc) is 3.23. The molecule has 3 heteroatoms. The fourth-order valence-electron chi connectivity index (χ4n) is 3.23. The predicted molar refractivity (Wildman–Crippen MR) is 75.9 cm³/mol. The fraction of sp³-hybridized carbons (Fsp3) is 1.00. The molecule has 2 aliphatic carbocycles. The molecule has 18 heavy (non-hydrogen) atoms. The van der Waals surface area contributed by atoms with Gasteiger partial charge in [0.15, 0.2) is 0 Å². The van der Waals surface area contributed by atoms with E-state index in [9.17, 15) is 0 Å². The van der Waals surface area contributed by atoms with Gasteiger partial charge in [0, 0.05) is 31.8 Å². The van der Waals surface area contributed by atoms with Crippen LogP contribution in [0.3, 0.4) is 0 Å². The Kier molecular flexibility index (Phi) is 5.93. The van der Waals surface area contributed by atoms with Crippen molar-refractivity contribution in [3.63, 3.8) is 0 Å². The number of nitrogens with zero attached hydrogens (tertiary/aromatic N) is 1. The van der Waals surface area contributed by atoms with Gasteiger partial charge in [0.25, 0.3) is 0 Å². The third-order valence-corrected chi connectivity index (χ3v) is 4.42. The third-order valence-electron chi connectivity index (χ3n) is 4.42. The zero-order chi connectivity index (χ0) is 12.8. The van der Waals surface area contributed by atoms with Crippen LogP contribution in [0.4, 0.5) is 0 Å². The predicted octanol–water partition coefficient (Wildman–Crippen LogP) is 2.41. The van der Waals surface area contributed by atoms with Crippen molar-refractivity contribution in [3.05, 3.63) is 0 Å². The molecule has 0 radical (unpaired) electrons. The molecule has 0 aliphatic heterocycles. The smallest absolute Gasteiger partial charge is 0.0589 e. The largest absolute Gasteiger partial charge is 0.383 e. The van der Waals surface area contributed by atoms with Crippen LogP contribution in [0, 0.1) is 0 Å². The van der Waals surface area contributed by atoms with Crippen molar-refractivity contribution in [2.24, 2.45) is 0 Å². The molecule has 0 bridgehead atoms. The van der Waals surface area contributed by atoms with Crippen molar-refractivity contribution in [2.45, 2.75) is 70.0 Å². The van der Waals surface area contributed by atoms with Crippen molar-refractivity contribution < 1.29 is 4.74 Å². The van der Waals surface area contributed by atoms with Gasteiger partial charge in [-0.3, -0.25) is 4.90 Å². The molecule has 0 saturated heterocycles. The maximum Gasteiger partial charge on any atom is 0.0589 e. The summed E-state index contributed by atoms with van der Waals surface area (Å²) in [5.74, 6) is 0. The topological polar surface area (TPSA) is 24.5 Å². The van der Waals surface area contributed by atoms with Crippen LogP contribution >= 0.6 is 0 Å². The first kappa shape index (κ1) is 14.3. The molecule has 2 rings (SSSR count). The SMILES string of the molecule is CCCNC1CCC(N(CCOC)C2CC2)CC1. The second kappa shape index (κ2) is 7.46. The zero-order valence-corrected chi connectivity index (χ0v) is 12.2. The molecule has 1 N–H and O–H groups in total. The molecule has 106 valence electrons. The van der Waals surface area contributed by atoms with E-state index in [1.807, 2.05) is 7.11 Å². The van der Waals surface area contributed by atoms with Crippen molar-refractivity contribution in [3.8, 4) is 0 Å². The lowest BCUT2D eigenvalue weighted by atomic mass is 9.90. The minimum Gasteiger partial charge on any atom is -0.383 e. The van der Waals surface area contributed by atoms with Crippen LogP contribution in [0.5, 0.6) is 0 Å². The van der Waals surface area contributed by atoms with Gasteiger partial charge in [0.05, 0.1) is 6.61 Å². The van der Waals surface area contributed by atoms with Gasteiger partial charge >= 0.3 is 0 Å².